The number of carbonyl (C=O) groups excluding carboxylic acids is 2. The van der Waals surface area contributed by atoms with Crippen LogP contribution in [0.25, 0.3) is 0 Å². The molecule has 1 aromatic rings. The summed E-state index contributed by atoms with van der Waals surface area (Å²) in [6.07, 6.45) is 3.37. The first-order chi connectivity index (χ1) is 12.0. The molecule has 2 aliphatic rings. The van der Waals surface area contributed by atoms with E-state index in [4.69, 9.17) is 0 Å². The van der Waals surface area contributed by atoms with Crippen LogP contribution in [0.3, 0.4) is 0 Å². The summed E-state index contributed by atoms with van der Waals surface area (Å²) in [5.74, 6) is -0.349. The summed E-state index contributed by atoms with van der Waals surface area (Å²) >= 11 is 0. The molecule has 0 N–H and O–H groups in total. The summed E-state index contributed by atoms with van der Waals surface area (Å²) in [5, 5.41) is 0. The number of likely N-dealkylation sites (tertiary alicyclic amines) is 1. The number of amides is 2. The third-order valence-corrected chi connectivity index (χ3v) is 5.21. The molecule has 1 aromatic carbocycles. The van der Waals surface area contributed by atoms with Crippen LogP contribution in [-0.4, -0.2) is 71.8 Å². The Morgan fingerprint density at radius 2 is 1.88 bits per heavy atom. The predicted molar refractivity (Wildman–Crippen MR) is 93.8 cm³/mol. The van der Waals surface area contributed by atoms with E-state index in [0.29, 0.717) is 44.3 Å². The van der Waals surface area contributed by atoms with Crippen molar-refractivity contribution in [2.24, 2.45) is 0 Å². The number of hydrogen-bond acceptors (Lipinski definition) is 3. The second-order valence-electron chi connectivity index (χ2n) is 7.01. The van der Waals surface area contributed by atoms with Crippen LogP contribution in [0.2, 0.25) is 0 Å². The molecule has 0 bridgehead atoms. The molecule has 2 aliphatic heterocycles. The fourth-order valence-corrected chi connectivity index (χ4v) is 3.66. The van der Waals surface area contributed by atoms with Crippen LogP contribution in [0.4, 0.5) is 4.39 Å². The normalized spacial score (nSPS) is 22.1. The minimum Gasteiger partial charge on any atom is -0.339 e. The first kappa shape index (κ1) is 17.9. The molecule has 0 aliphatic carbocycles. The monoisotopic (exact) mass is 347 g/mol. The van der Waals surface area contributed by atoms with Crippen LogP contribution < -0.4 is 0 Å². The lowest BCUT2D eigenvalue weighted by atomic mass is 10.0. The lowest BCUT2D eigenvalue weighted by Crippen LogP contribution is -2.53. The van der Waals surface area contributed by atoms with Gasteiger partial charge in [-0.2, -0.15) is 0 Å². The predicted octanol–water partition coefficient (Wildman–Crippen LogP) is 1.98. The Bertz CT molecular complexity index is 629. The summed E-state index contributed by atoms with van der Waals surface area (Å²) in [6.45, 7) is 5.89. The Morgan fingerprint density at radius 1 is 1.12 bits per heavy atom. The molecular weight excluding hydrogens is 321 g/mol. The van der Waals surface area contributed by atoms with Crippen molar-refractivity contribution in [1.82, 2.24) is 14.7 Å². The van der Waals surface area contributed by atoms with Gasteiger partial charge in [0.25, 0.3) is 5.91 Å². The van der Waals surface area contributed by atoms with E-state index < -0.39 is 5.82 Å². The number of carbonyl (C=O) groups is 2. The highest BCUT2D eigenvalue weighted by atomic mass is 19.1. The topological polar surface area (TPSA) is 43.9 Å². The highest BCUT2D eigenvalue weighted by Crippen LogP contribution is 2.17. The van der Waals surface area contributed by atoms with E-state index in [-0.39, 0.29) is 11.8 Å². The molecule has 0 saturated carbocycles. The van der Waals surface area contributed by atoms with Crippen LogP contribution in [0.15, 0.2) is 24.3 Å². The standard InChI is InChI=1S/C19H26FN3O2/c1-15-5-2-3-8-23(15)18(24)14-21-9-11-22(12-10-21)19(25)16-6-4-7-17(20)13-16/h4,6-7,13,15H,2-3,5,8-12,14H2,1H3. The van der Waals surface area contributed by atoms with Gasteiger partial charge in [0.2, 0.25) is 5.91 Å². The van der Waals surface area contributed by atoms with E-state index in [0.717, 1.165) is 19.4 Å². The molecule has 6 heteroatoms. The molecule has 5 nitrogen and oxygen atoms in total. The van der Waals surface area contributed by atoms with E-state index >= 15 is 0 Å². The zero-order chi connectivity index (χ0) is 17.8. The van der Waals surface area contributed by atoms with Crippen molar-refractivity contribution in [3.63, 3.8) is 0 Å². The fraction of sp³-hybridized carbons (Fsp3) is 0.579. The summed E-state index contributed by atoms with van der Waals surface area (Å²) in [6, 6.07) is 6.13. The maximum atomic E-state index is 13.3. The largest absolute Gasteiger partial charge is 0.339 e. The number of hydrogen-bond donors (Lipinski definition) is 0. The van der Waals surface area contributed by atoms with E-state index in [1.54, 1.807) is 17.0 Å². The zero-order valence-electron chi connectivity index (χ0n) is 14.8. The van der Waals surface area contributed by atoms with Crippen LogP contribution in [0, 0.1) is 5.82 Å². The van der Waals surface area contributed by atoms with Gasteiger partial charge in [-0.3, -0.25) is 14.5 Å². The average Bonchev–Trinajstić information content (AvgIpc) is 2.62. The van der Waals surface area contributed by atoms with Crippen LogP contribution in [0.1, 0.15) is 36.5 Å². The first-order valence-electron chi connectivity index (χ1n) is 9.11. The fourth-order valence-electron chi connectivity index (χ4n) is 3.66. The summed E-state index contributed by atoms with van der Waals surface area (Å²) in [5.41, 5.74) is 0.381. The zero-order valence-corrected chi connectivity index (χ0v) is 14.8. The molecular formula is C19H26FN3O2. The molecule has 0 radical (unpaired) electrons. The second-order valence-corrected chi connectivity index (χ2v) is 7.01. The Hall–Kier alpha value is -1.95. The van der Waals surface area contributed by atoms with Gasteiger partial charge in [-0.25, -0.2) is 4.39 Å². The van der Waals surface area contributed by atoms with Crippen molar-refractivity contribution in [3.05, 3.63) is 35.6 Å². The molecule has 3 rings (SSSR count). The van der Waals surface area contributed by atoms with Gasteiger partial charge < -0.3 is 9.80 Å². The number of rotatable bonds is 3. The first-order valence-corrected chi connectivity index (χ1v) is 9.11. The third-order valence-electron chi connectivity index (χ3n) is 5.21. The van der Waals surface area contributed by atoms with E-state index in [2.05, 4.69) is 11.8 Å². The maximum absolute atomic E-state index is 13.3. The number of benzene rings is 1. The van der Waals surface area contributed by atoms with Gasteiger partial charge in [0, 0.05) is 44.3 Å². The van der Waals surface area contributed by atoms with Crippen molar-refractivity contribution in [3.8, 4) is 0 Å². The quantitative estimate of drug-likeness (QED) is 0.840. The molecule has 1 unspecified atom stereocenters. The summed E-state index contributed by atoms with van der Waals surface area (Å²) in [4.78, 5) is 30.8. The highest BCUT2D eigenvalue weighted by Gasteiger charge is 2.27. The molecule has 2 fully saturated rings. The minimum atomic E-state index is -0.397. The van der Waals surface area contributed by atoms with Gasteiger partial charge in [0.05, 0.1) is 6.54 Å². The van der Waals surface area contributed by atoms with Gasteiger partial charge in [-0.1, -0.05) is 6.07 Å². The molecule has 2 amide bonds. The van der Waals surface area contributed by atoms with E-state index in [9.17, 15) is 14.0 Å². The second kappa shape index (κ2) is 7.95. The van der Waals surface area contributed by atoms with Crippen molar-refractivity contribution in [2.75, 3.05) is 39.3 Å². The van der Waals surface area contributed by atoms with Gasteiger partial charge >= 0.3 is 0 Å². The van der Waals surface area contributed by atoms with Gasteiger partial charge in [-0.15, -0.1) is 0 Å². The number of halogens is 1. The molecule has 2 saturated heterocycles. The SMILES string of the molecule is CC1CCCCN1C(=O)CN1CCN(C(=O)c2cccc(F)c2)CC1. The Morgan fingerprint density at radius 3 is 2.56 bits per heavy atom. The molecule has 136 valence electrons. The van der Waals surface area contributed by atoms with Crippen molar-refractivity contribution < 1.29 is 14.0 Å². The van der Waals surface area contributed by atoms with Crippen molar-refractivity contribution in [2.45, 2.75) is 32.2 Å². The van der Waals surface area contributed by atoms with Gasteiger partial charge in [-0.05, 0) is 44.4 Å². The average molecular weight is 347 g/mol. The molecule has 2 heterocycles. The van der Waals surface area contributed by atoms with E-state index in [1.165, 1.54) is 18.6 Å². The molecule has 0 spiro atoms. The van der Waals surface area contributed by atoms with Crippen LogP contribution in [0.5, 0.6) is 0 Å². The Kier molecular flexibility index (Phi) is 5.68. The Labute approximate surface area is 148 Å². The maximum Gasteiger partial charge on any atom is 0.254 e. The van der Waals surface area contributed by atoms with Crippen molar-refractivity contribution >= 4 is 11.8 Å². The number of piperidine rings is 1. The minimum absolute atomic E-state index is 0.143. The molecule has 1 atom stereocenters. The smallest absolute Gasteiger partial charge is 0.254 e. The van der Waals surface area contributed by atoms with Gasteiger partial charge in [0.15, 0.2) is 0 Å². The van der Waals surface area contributed by atoms with Crippen LogP contribution >= 0.6 is 0 Å². The molecule has 25 heavy (non-hydrogen) atoms. The third kappa shape index (κ3) is 4.37. The lowest BCUT2D eigenvalue weighted by Gasteiger charge is -2.38. The summed E-state index contributed by atoms with van der Waals surface area (Å²) < 4.78 is 13.3. The highest BCUT2D eigenvalue weighted by molar-refractivity contribution is 5.94. The molecule has 0 aromatic heterocycles. The lowest BCUT2D eigenvalue weighted by molar-refractivity contribution is -0.136. The number of piperazine rings is 1. The van der Waals surface area contributed by atoms with E-state index in [1.807, 2.05) is 4.90 Å². The van der Waals surface area contributed by atoms with Crippen LogP contribution in [-0.2, 0) is 4.79 Å². The van der Waals surface area contributed by atoms with Crippen molar-refractivity contribution in [1.29, 1.82) is 0 Å². The summed E-state index contributed by atoms with van der Waals surface area (Å²) in [7, 11) is 0. The van der Waals surface area contributed by atoms with Gasteiger partial charge in [0.1, 0.15) is 5.82 Å². The number of nitrogens with zero attached hydrogens (tertiary/aromatic N) is 3. The Balaban J connectivity index is 1.50.